The number of aryl methyl sites for hydroxylation is 1. The zero-order chi connectivity index (χ0) is 11.5. The van der Waals surface area contributed by atoms with E-state index in [0.29, 0.717) is 11.4 Å². The molecule has 2 aromatic rings. The van der Waals surface area contributed by atoms with Crippen molar-refractivity contribution in [2.75, 3.05) is 0 Å². The Kier molecular flexibility index (Phi) is 3.17. The smallest absolute Gasteiger partial charge is 0.0846 e. The molecule has 0 spiro atoms. The van der Waals surface area contributed by atoms with Gasteiger partial charge in [-0.25, -0.2) is 0 Å². The third kappa shape index (κ3) is 2.56. The van der Waals surface area contributed by atoms with Crippen LogP contribution in [-0.2, 0) is 13.5 Å². The second-order valence-electron chi connectivity index (χ2n) is 3.60. The lowest BCUT2D eigenvalue weighted by Crippen LogP contribution is -2.15. The van der Waals surface area contributed by atoms with Crippen molar-refractivity contribution in [3.63, 3.8) is 0 Å². The molecule has 1 unspecified atom stereocenters. The quantitative estimate of drug-likeness (QED) is 0.868. The molecule has 0 aliphatic rings. The summed E-state index contributed by atoms with van der Waals surface area (Å²) in [6.45, 7) is 0. The predicted molar refractivity (Wildman–Crippen MR) is 60.9 cm³/mol. The van der Waals surface area contributed by atoms with E-state index in [1.165, 1.54) is 0 Å². The van der Waals surface area contributed by atoms with Crippen LogP contribution in [0.5, 0.6) is 0 Å². The van der Waals surface area contributed by atoms with Gasteiger partial charge in [-0.1, -0.05) is 16.8 Å². The van der Waals surface area contributed by atoms with E-state index in [0.717, 1.165) is 11.4 Å². The Morgan fingerprint density at radius 2 is 2.31 bits per heavy atom. The standard InChI is InChI=1S/C10H12ClN5/c1-16-6-8(14-15-16)4-9(12)10-3-2-7(11)5-13-10/h2-3,5-6,9H,4,12H2,1H3. The maximum absolute atomic E-state index is 6.00. The van der Waals surface area contributed by atoms with Gasteiger partial charge in [-0.3, -0.25) is 9.67 Å². The van der Waals surface area contributed by atoms with E-state index in [1.807, 2.05) is 19.3 Å². The van der Waals surface area contributed by atoms with Crippen molar-refractivity contribution in [1.29, 1.82) is 0 Å². The first-order chi connectivity index (χ1) is 7.65. The summed E-state index contributed by atoms with van der Waals surface area (Å²) in [4.78, 5) is 4.17. The van der Waals surface area contributed by atoms with Crippen molar-refractivity contribution in [3.05, 3.63) is 40.9 Å². The Hall–Kier alpha value is -1.46. The minimum atomic E-state index is -0.186. The summed E-state index contributed by atoms with van der Waals surface area (Å²) in [5.74, 6) is 0. The molecule has 2 aromatic heterocycles. The van der Waals surface area contributed by atoms with Gasteiger partial charge in [0.1, 0.15) is 0 Å². The lowest BCUT2D eigenvalue weighted by atomic mass is 10.1. The molecule has 2 heterocycles. The zero-order valence-corrected chi connectivity index (χ0v) is 9.59. The molecule has 2 rings (SSSR count). The van der Waals surface area contributed by atoms with E-state index in [4.69, 9.17) is 17.3 Å². The number of aromatic nitrogens is 4. The monoisotopic (exact) mass is 237 g/mol. The fourth-order valence-corrected chi connectivity index (χ4v) is 1.54. The van der Waals surface area contributed by atoms with E-state index >= 15 is 0 Å². The van der Waals surface area contributed by atoms with Crippen LogP contribution in [0.2, 0.25) is 5.02 Å². The van der Waals surface area contributed by atoms with E-state index in [2.05, 4.69) is 15.3 Å². The first-order valence-electron chi connectivity index (χ1n) is 4.87. The number of hydrogen-bond acceptors (Lipinski definition) is 4. The van der Waals surface area contributed by atoms with Crippen LogP contribution >= 0.6 is 11.6 Å². The second kappa shape index (κ2) is 4.59. The van der Waals surface area contributed by atoms with E-state index in [-0.39, 0.29) is 6.04 Å². The summed E-state index contributed by atoms with van der Waals surface area (Å²) in [6, 6.07) is 3.41. The number of nitrogens with zero attached hydrogens (tertiary/aromatic N) is 4. The van der Waals surface area contributed by atoms with Gasteiger partial charge in [0.2, 0.25) is 0 Å². The molecule has 0 bridgehead atoms. The highest BCUT2D eigenvalue weighted by Crippen LogP contribution is 2.14. The molecule has 16 heavy (non-hydrogen) atoms. The molecule has 1 atom stereocenters. The summed E-state index contributed by atoms with van der Waals surface area (Å²) < 4.78 is 1.65. The van der Waals surface area contributed by atoms with E-state index < -0.39 is 0 Å². The van der Waals surface area contributed by atoms with Crippen LogP contribution in [0.15, 0.2) is 24.5 Å². The summed E-state index contributed by atoms with van der Waals surface area (Å²) >= 11 is 5.75. The van der Waals surface area contributed by atoms with Gasteiger partial charge in [0.05, 0.1) is 22.5 Å². The van der Waals surface area contributed by atoms with Gasteiger partial charge < -0.3 is 5.73 Å². The molecule has 6 heteroatoms. The van der Waals surface area contributed by atoms with Crippen molar-refractivity contribution in [2.45, 2.75) is 12.5 Å². The van der Waals surface area contributed by atoms with Gasteiger partial charge in [0.25, 0.3) is 0 Å². The van der Waals surface area contributed by atoms with Crippen molar-refractivity contribution >= 4 is 11.6 Å². The van der Waals surface area contributed by atoms with E-state index in [1.54, 1.807) is 16.9 Å². The van der Waals surface area contributed by atoms with Gasteiger partial charge in [-0.05, 0) is 12.1 Å². The third-order valence-electron chi connectivity index (χ3n) is 2.21. The highest BCUT2D eigenvalue weighted by atomic mass is 35.5. The first-order valence-corrected chi connectivity index (χ1v) is 5.25. The topological polar surface area (TPSA) is 69.6 Å². The van der Waals surface area contributed by atoms with Gasteiger partial charge in [0, 0.05) is 25.9 Å². The number of pyridine rings is 1. The van der Waals surface area contributed by atoms with Gasteiger partial charge in [-0.15, -0.1) is 5.10 Å². The van der Waals surface area contributed by atoms with Crippen LogP contribution in [0.3, 0.4) is 0 Å². The molecule has 0 aromatic carbocycles. The fourth-order valence-electron chi connectivity index (χ4n) is 1.43. The second-order valence-corrected chi connectivity index (χ2v) is 4.03. The predicted octanol–water partition coefficient (Wildman–Crippen LogP) is 1.11. The molecule has 84 valence electrons. The molecule has 0 saturated heterocycles. The zero-order valence-electron chi connectivity index (χ0n) is 8.84. The minimum absolute atomic E-state index is 0.186. The lowest BCUT2D eigenvalue weighted by molar-refractivity contribution is 0.677. The summed E-state index contributed by atoms with van der Waals surface area (Å²) in [5.41, 5.74) is 7.66. The molecular weight excluding hydrogens is 226 g/mol. The largest absolute Gasteiger partial charge is 0.322 e. The highest BCUT2D eigenvalue weighted by Gasteiger charge is 2.10. The van der Waals surface area contributed by atoms with Crippen LogP contribution in [-0.4, -0.2) is 20.0 Å². The fraction of sp³-hybridized carbons (Fsp3) is 0.300. The molecule has 0 aliphatic heterocycles. The maximum Gasteiger partial charge on any atom is 0.0846 e. The number of rotatable bonds is 3. The Bertz CT molecular complexity index is 464. The molecule has 0 fully saturated rings. The van der Waals surface area contributed by atoms with Crippen LogP contribution in [0, 0.1) is 0 Å². The minimum Gasteiger partial charge on any atom is -0.322 e. The Balaban J connectivity index is 2.08. The summed E-state index contributed by atoms with van der Waals surface area (Å²) in [5, 5.41) is 8.43. The lowest BCUT2D eigenvalue weighted by Gasteiger charge is -2.08. The Morgan fingerprint density at radius 1 is 1.50 bits per heavy atom. The van der Waals surface area contributed by atoms with Crippen LogP contribution in [0.4, 0.5) is 0 Å². The molecule has 0 aliphatic carbocycles. The number of nitrogens with two attached hydrogens (primary N) is 1. The van der Waals surface area contributed by atoms with E-state index in [9.17, 15) is 0 Å². The van der Waals surface area contributed by atoms with Crippen LogP contribution in [0.25, 0.3) is 0 Å². The van der Waals surface area contributed by atoms with Gasteiger partial charge in [-0.2, -0.15) is 0 Å². The van der Waals surface area contributed by atoms with Crippen LogP contribution in [0.1, 0.15) is 17.4 Å². The van der Waals surface area contributed by atoms with Crippen molar-refractivity contribution in [1.82, 2.24) is 20.0 Å². The SMILES string of the molecule is Cn1cc(CC(N)c2ccc(Cl)cn2)nn1. The summed E-state index contributed by atoms with van der Waals surface area (Å²) in [7, 11) is 1.82. The van der Waals surface area contributed by atoms with Crippen molar-refractivity contribution in [2.24, 2.45) is 12.8 Å². The first kappa shape index (κ1) is 11.0. The van der Waals surface area contributed by atoms with Crippen molar-refractivity contribution < 1.29 is 0 Å². The molecule has 5 nitrogen and oxygen atoms in total. The number of halogens is 1. The van der Waals surface area contributed by atoms with Gasteiger partial charge in [0.15, 0.2) is 0 Å². The number of hydrogen-bond donors (Lipinski definition) is 1. The highest BCUT2D eigenvalue weighted by molar-refractivity contribution is 6.30. The maximum atomic E-state index is 6.00. The Morgan fingerprint density at radius 3 is 2.88 bits per heavy atom. The molecule has 0 radical (unpaired) electrons. The Labute approximate surface area is 98.2 Å². The molecule has 2 N–H and O–H groups in total. The average Bonchev–Trinajstić information content (AvgIpc) is 2.65. The average molecular weight is 238 g/mol. The van der Waals surface area contributed by atoms with Gasteiger partial charge >= 0.3 is 0 Å². The third-order valence-corrected chi connectivity index (χ3v) is 2.43. The summed E-state index contributed by atoms with van der Waals surface area (Å²) in [6.07, 6.45) is 4.05. The molecule has 0 saturated carbocycles. The molecule has 0 amide bonds. The normalized spacial score (nSPS) is 12.7. The molecular formula is C10H12ClN5. The van der Waals surface area contributed by atoms with Crippen LogP contribution < -0.4 is 5.73 Å². The van der Waals surface area contributed by atoms with Crippen molar-refractivity contribution in [3.8, 4) is 0 Å².